The van der Waals surface area contributed by atoms with Crippen molar-refractivity contribution < 1.29 is 4.39 Å². The van der Waals surface area contributed by atoms with E-state index in [0.29, 0.717) is 0 Å². The average Bonchev–Trinajstić information content (AvgIpc) is 2.77. The van der Waals surface area contributed by atoms with Crippen molar-refractivity contribution in [3.05, 3.63) is 52.3 Å². The quantitative estimate of drug-likeness (QED) is 0.940. The summed E-state index contributed by atoms with van der Waals surface area (Å²) < 4.78 is 16.2. The molecule has 0 aliphatic carbocycles. The second-order valence-corrected chi connectivity index (χ2v) is 4.91. The fourth-order valence-electron chi connectivity index (χ4n) is 2.04. The minimum Gasteiger partial charge on any atom is -0.334 e. The summed E-state index contributed by atoms with van der Waals surface area (Å²) in [5, 5.41) is 3.18. The minimum absolute atomic E-state index is 0.119. The van der Waals surface area contributed by atoms with Gasteiger partial charge in [-0.1, -0.05) is 15.9 Å². The molecule has 2 rings (SSSR count). The van der Waals surface area contributed by atoms with E-state index in [0.717, 1.165) is 22.4 Å². The predicted molar refractivity (Wildman–Crippen MR) is 72.9 cm³/mol. The fourth-order valence-corrected chi connectivity index (χ4v) is 2.52. The third-order valence-electron chi connectivity index (χ3n) is 2.85. The first-order valence-corrected chi connectivity index (χ1v) is 6.59. The van der Waals surface area contributed by atoms with Crippen LogP contribution in [-0.2, 0) is 6.54 Å². The van der Waals surface area contributed by atoms with Crippen LogP contribution in [0.25, 0.3) is 0 Å². The van der Waals surface area contributed by atoms with E-state index in [9.17, 15) is 4.39 Å². The van der Waals surface area contributed by atoms with Gasteiger partial charge in [0.05, 0.1) is 6.04 Å². The third-order valence-corrected chi connectivity index (χ3v) is 3.31. The van der Waals surface area contributed by atoms with Crippen molar-refractivity contribution in [2.75, 3.05) is 7.05 Å². The molecule has 0 saturated carbocycles. The number of imidazole rings is 1. The van der Waals surface area contributed by atoms with E-state index in [1.165, 1.54) is 12.1 Å². The molecule has 0 aliphatic rings. The number of aryl methyl sites for hydroxylation is 1. The average molecular weight is 312 g/mol. The number of nitrogens with one attached hydrogen (secondary N) is 1. The SMILES string of the molecule is CCn1ccnc1C(NC)c1cc(F)cc(Br)c1. The lowest BCUT2D eigenvalue weighted by atomic mass is 10.1. The number of nitrogens with zero attached hydrogens (tertiary/aromatic N) is 2. The minimum atomic E-state index is -0.255. The van der Waals surface area contributed by atoms with Crippen LogP contribution in [0.5, 0.6) is 0 Å². The Labute approximate surface area is 114 Å². The van der Waals surface area contributed by atoms with E-state index in [4.69, 9.17) is 0 Å². The van der Waals surface area contributed by atoms with Gasteiger partial charge in [-0.25, -0.2) is 9.37 Å². The highest BCUT2D eigenvalue weighted by Crippen LogP contribution is 2.24. The van der Waals surface area contributed by atoms with E-state index in [1.807, 2.05) is 23.9 Å². The Morgan fingerprint density at radius 3 is 2.83 bits per heavy atom. The Morgan fingerprint density at radius 2 is 2.22 bits per heavy atom. The summed E-state index contributed by atoms with van der Waals surface area (Å²) in [5.41, 5.74) is 0.852. The van der Waals surface area contributed by atoms with Gasteiger partial charge in [-0.15, -0.1) is 0 Å². The van der Waals surface area contributed by atoms with E-state index < -0.39 is 0 Å². The molecule has 1 heterocycles. The molecule has 1 aromatic carbocycles. The normalized spacial score (nSPS) is 12.7. The van der Waals surface area contributed by atoms with Crippen molar-refractivity contribution in [1.29, 1.82) is 0 Å². The summed E-state index contributed by atoms with van der Waals surface area (Å²) in [7, 11) is 1.85. The third kappa shape index (κ3) is 2.62. The molecule has 2 aromatic rings. The van der Waals surface area contributed by atoms with Gasteiger partial charge < -0.3 is 9.88 Å². The lowest BCUT2D eigenvalue weighted by Gasteiger charge is -2.18. The van der Waals surface area contributed by atoms with Crippen LogP contribution in [0.1, 0.15) is 24.4 Å². The second-order valence-electron chi connectivity index (χ2n) is 4.00. The molecule has 1 atom stereocenters. The zero-order valence-corrected chi connectivity index (χ0v) is 11.9. The molecule has 96 valence electrons. The highest BCUT2D eigenvalue weighted by atomic mass is 79.9. The highest BCUT2D eigenvalue weighted by Gasteiger charge is 2.18. The molecule has 1 N–H and O–H groups in total. The fraction of sp³-hybridized carbons (Fsp3) is 0.308. The lowest BCUT2D eigenvalue weighted by molar-refractivity contribution is 0.579. The van der Waals surface area contributed by atoms with Crippen LogP contribution in [0.3, 0.4) is 0 Å². The maximum absolute atomic E-state index is 13.5. The van der Waals surface area contributed by atoms with Crippen LogP contribution in [-0.4, -0.2) is 16.6 Å². The molecule has 3 nitrogen and oxygen atoms in total. The zero-order valence-electron chi connectivity index (χ0n) is 10.3. The van der Waals surface area contributed by atoms with Crippen molar-refractivity contribution in [3.63, 3.8) is 0 Å². The predicted octanol–water partition coefficient (Wildman–Crippen LogP) is 3.11. The van der Waals surface area contributed by atoms with Gasteiger partial charge in [0, 0.05) is 23.4 Å². The number of rotatable bonds is 4. The van der Waals surface area contributed by atoms with Crippen molar-refractivity contribution in [2.45, 2.75) is 19.5 Å². The monoisotopic (exact) mass is 311 g/mol. The van der Waals surface area contributed by atoms with Crippen LogP contribution < -0.4 is 5.32 Å². The van der Waals surface area contributed by atoms with E-state index >= 15 is 0 Å². The van der Waals surface area contributed by atoms with Gasteiger partial charge in [-0.2, -0.15) is 0 Å². The largest absolute Gasteiger partial charge is 0.334 e. The van der Waals surface area contributed by atoms with Crippen molar-refractivity contribution >= 4 is 15.9 Å². The Morgan fingerprint density at radius 1 is 1.44 bits per heavy atom. The van der Waals surface area contributed by atoms with E-state index in [-0.39, 0.29) is 11.9 Å². The highest BCUT2D eigenvalue weighted by molar-refractivity contribution is 9.10. The van der Waals surface area contributed by atoms with Crippen LogP contribution in [0, 0.1) is 5.82 Å². The smallest absolute Gasteiger partial charge is 0.130 e. The Hall–Kier alpha value is -1.20. The molecule has 18 heavy (non-hydrogen) atoms. The van der Waals surface area contributed by atoms with Gasteiger partial charge in [0.15, 0.2) is 0 Å². The summed E-state index contributed by atoms with van der Waals surface area (Å²) in [6, 6.07) is 4.76. The molecule has 0 saturated heterocycles. The molecule has 0 aliphatic heterocycles. The lowest BCUT2D eigenvalue weighted by Crippen LogP contribution is -2.22. The van der Waals surface area contributed by atoms with Gasteiger partial charge in [-0.3, -0.25) is 0 Å². The van der Waals surface area contributed by atoms with Gasteiger partial charge in [0.2, 0.25) is 0 Å². The summed E-state index contributed by atoms with van der Waals surface area (Å²) in [5.74, 6) is 0.631. The van der Waals surface area contributed by atoms with Crippen molar-refractivity contribution in [3.8, 4) is 0 Å². The molecular formula is C13H15BrFN3. The maximum atomic E-state index is 13.5. The molecule has 0 bridgehead atoms. The Balaban J connectivity index is 2.45. The number of hydrogen-bond acceptors (Lipinski definition) is 2. The number of aromatic nitrogens is 2. The Kier molecular flexibility index (Phi) is 4.14. The van der Waals surface area contributed by atoms with Gasteiger partial charge in [0.1, 0.15) is 11.6 Å². The van der Waals surface area contributed by atoms with Crippen LogP contribution >= 0.6 is 15.9 Å². The van der Waals surface area contributed by atoms with Gasteiger partial charge >= 0.3 is 0 Å². The molecule has 0 amide bonds. The van der Waals surface area contributed by atoms with Crippen LogP contribution in [0.15, 0.2) is 35.1 Å². The first kappa shape index (κ1) is 13.2. The first-order valence-electron chi connectivity index (χ1n) is 5.80. The van der Waals surface area contributed by atoms with Gasteiger partial charge in [0.25, 0.3) is 0 Å². The zero-order chi connectivity index (χ0) is 13.1. The molecular weight excluding hydrogens is 297 g/mol. The molecule has 1 unspecified atom stereocenters. The molecule has 0 fully saturated rings. The summed E-state index contributed by atoms with van der Waals surface area (Å²) in [6.07, 6.45) is 3.69. The summed E-state index contributed by atoms with van der Waals surface area (Å²) >= 11 is 3.31. The number of benzene rings is 1. The van der Waals surface area contributed by atoms with E-state index in [1.54, 1.807) is 6.20 Å². The molecule has 0 spiro atoms. The van der Waals surface area contributed by atoms with E-state index in [2.05, 4.69) is 33.2 Å². The van der Waals surface area contributed by atoms with Crippen LogP contribution in [0.4, 0.5) is 4.39 Å². The maximum Gasteiger partial charge on any atom is 0.130 e. The van der Waals surface area contributed by atoms with Crippen LogP contribution in [0.2, 0.25) is 0 Å². The molecule has 5 heteroatoms. The Bertz CT molecular complexity index is 519. The number of hydrogen-bond donors (Lipinski definition) is 1. The van der Waals surface area contributed by atoms with Gasteiger partial charge in [-0.05, 0) is 37.7 Å². The molecule has 0 radical (unpaired) electrons. The summed E-state index contributed by atoms with van der Waals surface area (Å²) in [4.78, 5) is 4.36. The standard InChI is InChI=1S/C13H15BrFN3/c1-3-18-5-4-17-13(18)12(16-2)9-6-10(14)8-11(15)7-9/h4-8,12,16H,3H2,1-2H3. The number of halogens is 2. The van der Waals surface area contributed by atoms with Crippen molar-refractivity contribution in [2.24, 2.45) is 0 Å². The molecule has 1 aromatic heterocycles. The van der Waals surface area contributed by atoms with Crippen molar-refractivity contribution in [1.82, 2.24) is 14.9 Å². The topological polar surface area (TPSA) is 29.9 Å². The first-order chi connectivity index (χ1) is 8.65. The summed E-state index contributed by atoms with van der Waals surface area (Å²) in [6.45, 7) is 2.89. The second kappa shape index (κ2) is 5.63.